The fourth-order valence-electron chi connectivity index (χ4n) is 4.74. The molecule has 1 saturated carbocycles. The highest BCUT2D eigenvalue weighted by Gasteiger charge is 2.36. The number of benzene rings is 2. The van der Waals surface area contributed by atoms with Crippen LogP contribution in [0.3, 0.4) is 0 Å². The van der Waals surface area contributed by atoms with Crippen molar-refractivity contribution in [3.63, 3.8) is 0 Å². The maximum atomic E-state index is 10.0. The van der Waals surface area contributed by atoms with Gasteiger partial charge in [0.25, 0.3) is 0 Å². The summed E-state index contributed by atoms with van der Waals surface area (Å²) >= 11 is 0. The zero-order chi connectivity index (χ0) is 19.8. The van der Waals surface area contributed by atoms with Gasteiger partial charge in [-0.2, -0.15) is 5.26 Å². The minimum absolute atomic E-state index is 0.273. The molecule has 0 spiro atoms. The van der Waals surface area contributed by atoms with E-state index in [0.717, 1.165) is 25.2 Å². The predicted molar refractivity (Wildman–Crippen MR) is 119 cm³/mol. The summed E-state index contributed by atoms with van der Waals surface area (Å²) in [5.74, 6) is 0.828. The van der Waals surface area contributed by atoms with Gasteiger partial charge in [-0.15, -0.1) is 0 Å². The highest BCUT2D eigenvalue weighted by molar-refractivity contribution is 5.64. The Morgan fingerprint density at radius 1 is 0.857 bits per heavy atom. The lowest BCUT2D eigenvalue weighted by molar-refractivity contribution is 0.262. The zero-order valence-corrected chi connectivity index (χ0v) is 17.7. The van der Waals surface area contributed by atoms with Crippen LogP contribution in [0.2, 0.25) is 0 Å². The Bertz CT molecular complexity index is 755. The summed E-state index contributed by atoms with van der Waals surface area (Å²) in [6.45, 7) is 4.49. The van der Waals surface area contributed by atoms with Gasteiger partial charge in [0.2, 0.25) is 0 Å². The molecule has 1 heteroatoms. The molecule has 0 N–H and O–H groups in total. The second-order valence-corrected chi connectivity index (χ2v) is 8.66. The van der Waals surface area contributed by atoms with Gasteiger partial charge in [-0.3, -0.25) is 0 Å². The molecule has 0 saturated heterocycles. The molecule has 0 atom stereocenters. The Balaban J connectivity index is 1.67. The van der Waals surface area contributed by atoms with E-state index in [2.05, 4.69) is 68.4 Å². The molecule has 1 fully saturated rings. The van der Waals surface area contributed by atoms with E-state index < -0.39 is 0 Å². The molecule has 0 aromatic heterocycles. The highest BCUT2D eigenvalue weighted by Crippen LogP contribution is 2.43. The first-order chi connectivity index (χ1) is 13.7. The highest BCUT2D eigenvalue weighted by atomic mass is 14.4. The van der Waals surface area contributed by atoms with Gasteiger partial charge >= 0.3 is 0 Å². The molecule has 28 heavy (non-hydrogen) atoms. The Morgan fingerprint density at radius 2 is 1.46 bits per heavy atom. The second-order valence-electron chi connectivity index (χ2n) is 8.66. The number of unbranched alkanes of at least 4 members (excludes halogenated alkanes) is 2. The first-order valence-electron chi connectivity index (χ1n) is 11.3. The van der Waals surface area contributed by atoms with Crippen molar-refractivity contribution in [2.45, 2.75) is 83.5 Å². The number of nitrogens with zero attached hydrogens (tertiary/aromatic N) is 1. The quantitative estimate of drug-likeness (QED) is 0.432. The van der Waals surface area contributed by atoms with Crippen LogP contribution in [0, 0.1) is 17.2 Å². The van der Waals surface area contributed by atoms with Crippen molar-refractivity contribution in [2.75, 3.05) is 0 Å². The van der Waals surface area contributed by atoms with Gasteiger partial charge in [0.05, 0.1) is 11.5 Å². The van der Waals surface area contributed by atoms with Crippen molar-refractivity contribution in [2.24, 2.45) is 5.92 Å². The SMILES string of the molecule is CCCCCC1CCC(C#N)(c2ccc(-c3ccc(CCC)cc3)cc2)CC1. The molecule has 1 nitrogen and oxygen atoms in total. The van der Waals surface area contributed by atoms with E-state index >= 15 is 0 Å². The van der Waals surface area contributed by atoms with E-state index in [9.17, 15) is 5.26 Å². The van der Waals surface area contributed by atoms with Crippen molar-refractivity contribution in [1.29, 1.82) is 5.26 Å². The monoisotopic (exact) mass is 373 g/mol. The average molecular weight is 374 g/mol. The number of aryl methyl sites for hydroxylation is 1. The third-order valence-electron chi connectivity index (χ3n) is 6.65. The third kappa shape index (κ3) is 4.85. The van der Waals surface area contributed by atoms with Crippen molar-refractivity contribution in [3.05, 3.63) is 59.7 Å². The maximum absolute atomic E-state index is 10.0. The molecule has 0 amide bonds. The number of rotatable bonds is 8. The van der Waals surface area contributed by atoms with Gasteiger partial charge in [-0.1, -0.05) is 94.5 Å². The molecule has 2 aromatic rings. The maximum Gasteiger partial charge on any atom is 0.0822 e. The molecular weight excluding hydrogens is 338 g/mol. The van der Waals surface area contributed by atoms with Crippen molar-refractivity contribution in [1.82, 2.24) is 0 Å². The van der Waals surface area contributed by atoms with Gasteiger partial charge in [0, 0.05) is 0 Å². The minimum atomic E-state index is -0.273. The molecule has 0 aliphatic heterocycles. The van der Waals surface area contributed by atoms with E-state index in [1.807, 2.05) is 0 Å². The summed E-state index contributed by atoms with van der Waals surface area (Å²) in [7, 11) is 0. The second kappa shape index (κ2) is 9.92. The number of hydrogen-bond donors (Lipinski definition) is 0. The first kappa shape index (κ1) is 20.7. The van der Waals surface area contributed by atoms with Crippen LogP contribution in [0.5, 0.6) is 0 Å². The Morgan fingerprint density at radius 3 is 2.00 bits per heavy atom. The summed E-state index contributed by atoms with van der Waals surface area (Å²) in [4.78, 5) is 0. The molecule has 0 heterocycles. The Hall–Kier alpha value is -2.07. The van der Waals surface area contributed by atoms with Gasteiger partial charge in [-0.25, -0.2) is 0 Å². The van der Waals surface area contributed by atoms with Crippen LogP contribution in [-0.2, 0) is 11.8 Å². The number of hydrogen-bond acceptors (Lipinski definition) is 1. The van der Waals surface area contributed by atoms with Crippen LogP contribution >= 0.6 is 0 Å². The molecule has 0 radical (unpaired) electrons. The third-order valence-corrected chi connectivity index (χ3v) is 6.65. The topological polar surface area (TPSA) is 23.8 Å². The lowest BCUT2D eigenvalue weighted by Crippen LogP contribution is -2.30. The summed E-state index contributed by atoms with van der Waals surface area (Å²) < 4.78 is 0. The fraction of sp³-hybridized carbons (Fsp3) is 0.519. The molecule has 2 aromatic carbocycles. The summed E-state index contributed by atoms with van der Waals surface area (Å²) in [5, 5.41) is 10.0. The molecule has 0 unspecified atom stereocenters. The smallest absolute Gasteiger partial charge is 0.0822 e. The number of nitriles is 1. The lowest BCUT2D eigenvalue weighted by atomic mass is 9.66. The lowest BCUT2D eigenvalue weighted by Gasteiger charge is -2.35. The van der Waals surface area contributed by atoms with Gasteiger partial charge in [0.1, 0.15) is 0 Å². The molecule has 1 aliphatic carbocycles. The largest absolute Gasteiger partial charge is 0.197 e. The van der Waals surface area contributed by atoms with Crippen LogP contribution in [0.4, 0.5) is 0 Å². The molecule has 3 rings (SSSR count). The van der Waals surface area contributed by atoms with Crippen LogP contribution in [0.15, 0.2) is 48.5 Å². The summed E-state index contributed by atoms with van der Waals surface area (Å²) in [6, 6.07) is 20.4. The summed E-state index contributed by atoms with van der Waals surface area (Å²) in [5.41, 5.74) is 4.85. The molecule has 148 valence electrons. The molecular formula is C27H35N. The minimum Gasteiger partial charge on any atom is -0.197 e. The predicted octanol–water partition coefficient (Wildman–Crippen LogP) is 7.84. The molecule has 0 bridgehead atoms. The normalized spacial score (nSPS) is 22.0. The van der Waals surface area contributed by atoms with Gasteiger partial charge in [-0.05, 0) is 60.3 Å². The van der Waals surface area contributed by atoms with Crippen molar-refractivity contribution in [3.8, 4) is 17.2 Å². The fourth-order valence-corrected chi connectivity index (χ4v) is 4.74. The summed E-state index contributed by atoms with van der Waals surface area (Å²) in [6.07, 6.45) is 12.1. The average Bonchev–Trinajstić information content (AvgIpc) is 2.75. The standard InChI is InChI=1S/C27H35N/c1-3-5-6-8-23-17-19-27(21-28,20-18-23)26-15-13-25(14-16-26)24-11-9-22(7-4-2)10-12-24/h9-16,23H,3-8,17-20H2,1-2H3. The van der Waals surface area contributed by atoms with Crippen molar-refractivity contribution < 1.29 is 0 Å². The van der Waals surface area contributed by atoms with Gasteiger partial charge in [0.15, 0.2) is 0 Å². The zero-order valence-electron chi connectivity index (χ0n) is 17.7. The van der Waals surface area contributed by atoms with Crippen LogP contribution in [0.25, 0.3) is 11.1 Å². The van der Waals surface area contributed by atoms with Crippen LogP contribution < -0.4 is 0 Å². The Kier molecular flexibility index (Phi) is 7.32. The van der Waals surface area contributed by atoms with Crippen LogP contribution in [0.1, 0.15) is 82.8 Å². The van der Waals surface area contributed by atoms with E-state index in [1.54, 1.807) is 0 Å². The first-order valence-corrected chi connectivity index (χ1v) is 11.3. The Labute approximate surface area is 171 Å². The van der Waals surface area contributed by atoms with Gasteiger partial charge < -0.3 is 0 Å². The van der Waals surface area contributed by atoms with E-state index in [-0.39, 0.29) is 5.41 Å². The van der Waals surface area contributed by atoms with Crippen LogP contribution in [-0.4, -0.2) is 0 Å². The van der Waals surface area contributed by atoms with E-state index in [4.69, 9.17) is 0 Å². The molecule has 1 aliphatic rings. The van der Waals surface area contributed by atoms with E-state index in [0.29, 0.717) is 0 Å². The van der Waals surface area contributed by atoms with Crippen molar-refractivity contribution >= 4 is 0 Å². The van der Waals surface area contributed by atoms with E-state index in [1.165, 1.54) is 67.2 Å².